The first-order valence-corrected chi connectivity index (χ1v) is 5.32. The molecule has 0 unspecified atom stereocenters. The van der Waals surface area contributed by atoms with Gasteiger partial charge in [0.15, 0.2) is 0 Å². The van der Waals surface area contributed by atoms with E-state index < -0.39 is 4.92 Å². The van der Waals surface area contributed by atoms with Gasteiger partial charge in [0.1, 0.15) is 11.2 Å². The van der Waals surface area contributed by atoms with Crippen molar-refractivity contribution in [2.24, 2.45) is 0 Å². The molecular weight excluding hydrogens is 230 g/mol. The van der Waals surface area contributed by atoms with E-state index in [-0.39, 0.29) is 11.5 Å². The lowest BCUT2D eigenvalue weighted by atomic mass is 10.5. The molecule has 2 heterocycles. The van der Waals surface area contributed by atoms with Crippen LogP contribution in [0.4, 0.5) is 11.5 Å². The highest BCUT2D eigenvalue weighted by Gasteiger charge is 2.17. The summed E-state index contributed by atoms with van der Waals surface area (Å²) in [6.45, 7) is 2.24. The largest absolute Gasteiger partial charge is 0.378 e. The Morgan fingerprint density at radius 3 is 2.94 bits per heavy atom. The number of anilines is 1. The van der Waals surface area contributed by atoms with Crippen molar-refractivity contribution in [1.29, 1.82) is 0 Å². The van der Waals surface area contributed by atoms with Gasteiger partial charge in [-0.3, -0.25) is 10.1 Å². The van der Waals surface area contributed by atoms with Crippen molar-refractivity contribution < 1.29 is 4.92 Å². The quantitative estimate of drug-likeness (QED) is 0.640. The van der Waals surface area contributed by atoms with Gasteiger partial charge in [-0.25, -0.2) is 9.67 Å². The van der Waals surface area contributed by atoms with Gasteiger partial charge in [-0.15, -0.1) is 11.3 Å². The summed E-state index contributed by atoms with van der Waals surface area (Å²) in [6, 6.07) is 0. The van der Waals surface area contributed by atoms with Crippen LogP contribution in [0.15, 0.2) is 11.6 Å². The second-order valence-electron chi connectivity index (χ2n) is 3.21. The predicted octanol–water partition coefficient (Wildman–Crippen LogP) is 1.19. The Morgan fingerprint density at radius 2 is 2.44 bits per heavy atom. The van der Waals surface area contributed by atoms with Gasteiger partial charge < -0.3 is 5.73 Å². The van der Waals surface area contributed by atoms with Gasteiger partial charge in [-0.1, -0.05) is 0 Å². The normalized spacial score (nSPS) is 10.6. The fourth-order valence-electron chi connectivity index (χ4n) is 1.26. The maximum absolute atomic E-state index is 10.6. The number of aromatic nitrogens is 3. The molecule has 0 atom stereocenters. The number of nitro groups is 1. The molecule has 0 aliphatic rings. The second-order valence-corrected chi connectivity index (χ2v) is 4.16. The predicted molar refractivity (Wildman–Crippen MR) is 59.2 cm³/mol. The van der Waals surface area contributed by atoms with Crippen LogP contribution in [0.2, 0.25) is 0 Å². The zero-order chi connectivity index (χ0) is 11.7. The van der Waals surface area contributed by atoms with Gasteiger partial charge in [-0.05, 0) is 6.92 Å². The molecule has 2 rings (SSSR count). The fourth-order valence-corrected chi connectivity index (χ4v) is 2.01. The van der Waals surface area contributed by atoms with Crippen LogP contribution < -0.4 is 5.73 Å². The molecule has 0 aliphatic carbocycles. The van der Waals surface area contributed by atoms with Crippen molar-refractivity contribution in [1.82, 2.24) is 14.8 Å². The third-order valence-corrected chi connectivity index (χ3v) is 2.96. The molecule has 0 spiro atoms. The average Bonchev–Trinajstić information content (AvgIpc) is 2.76. The molecule has 2 N–H and O–H groups in total. The number of hydrogen-bond donors (Lipinski definition) is 1. The Morgan fingerprint density at radius 1 is 1.69 bits per heavy atom. The number of nitrogens with zero attached hydrogens (tertiary/aromatic N) is 4. The van der Waals surface area contributed by atoms with Crippen molar-refractivity contribution in [3.05, 3.63) is 32.4 Å². The number of nitrogens with two attached hydrogens (primary N) is 1. The van der Waals surface area contributed by atoms with Gasteiger partial charge in [0.25, 0.3) is 0 Å². The molecule has 0 aliphatic heterocycles. The third kappa shape index (κ3) is 1.87. The third-order valence-electron chi connectivity index (χ3n) is 2.01. The Hall–Kier alpha value is -1.96. The summed E-state index contributed by atoms with van der Waals surface area (Å²) < 4.78 is 1.37. The Balaban J connectivity index is 2.25. The van der Waals surface area contributed by atoms with Crippen LogP contribution in [0.1, 0.15) is 10.7 Å². The molecule has 0 bridgehead atoms. The minimum Gasteiger partial charge on any atom is -0.378 e. The van der Waals surface area contributed by atoms with Gasteiger partial charge in [-0.2, -0.15) is 5.10 Å². The van der Waals surface area contributed by atoms with Crippen LogP contribution in [0.3, 0.4) is 0 Å². The van der Waals surface area contributed by atoms with Crippen LogP contribution in [0, 0.1) is 17.0 Å². The standard InChI is InChI=1S/C8H9N5O2S/c1-5-4-16-7(11-5)3-12-8(9)6(2-10-12)13(14)15/h2,4H,3,9H2,1H3. The van der Waals surface area contributed by atoms with Crippen LogP contribution in [-0.2, 0) is 6.54 Å². The number of thiazole rings is 1. The number of aryl methyl sites for hydroxylation is 1. The molecule has 0 radical (unpaired) electrons. The van der Waals surface area contributed by atoms with E-state index in [0.717, 1.165) is 16.9 Å². The van der Waals surface area contributed by atoms with Crippen molar-refractivity contribution >= 4 is 22.8 Å². The molecule has 7 nitrogen and oxygen atoms in total. The van der Waals surface area contributed by atoms with E-state index in [0.29, 0.717) is 6.54 Å². The minimum absolute atomic E-state index is 0.0536. The molecule has 16 heavy (non-hydrogen) atoms. The summed E-state index contributed by atoms with van der Waals surface area (Å²) >= 11 is 1.47. The lowest BCUT2D eigenvalue weighted by molar-refractivity contribution is -0.384. The molecule has 0 fully saturated rings. The summed E-state index contributed by atoms with van der Waals surface area (Å²) in [5, 5.41) is 17.1. The first-order valence-electron chi connectivity index (χ1n) is 4.44. The van der Waals surface area contributed by atoms with Crippen LogP contribution in [-0.4, -0.2) is 19.7 Å². The number of rotatable bonds is 3. The highest BCUT2D eigenvalue weighted by atomic mass is 32.1. The molecule has 84 valence electrons. The topological polar surface area (TPSA) is 99.9 Å². The van der Waals surface area contributed by atoms with E-state index in [1.807, 2.05) is 12.3 Å². The molecule has 2 aromatic heterocycles. The number of nitrogen functional groups attached to an aromatic ring is 1. The van der Waals surface area contributed by atoms with Gasteiger partial charge in [0.2, 0.25) is 5.82 Å². The SMILES string of the molecule is Cc1csc(Cn2ncc([N+](=O)[O-])c2N)n1. The smallest absolute Gasteiger partial charge is 0.330 e. The molecule has 0 aromatic carbocycles. The first-order chi connectivity index (χ1) is 7.58. The molecule has 0 saturated carbocycles. The average molecular weight is 239 g/mol. The van der Waals surface area contributed by atoms with Crippen LogP contribution in [0.25, 0.3) is 0 Å². The first kappa shape index (κ1) is 10.6. The maximum Gasteiger partial charge on any atom is 0.330 e. The van der Waals surface area contributed by atoms with E-state index in [9.17, 15) is 10.1 Å². The molecule has 0 amide bonds. The van der Waals surface area contributed by atoms with E-state index in [2.05, 4.69) is 10.1 Å². The molecular formula is C8H9N5O2S. The zero-order valence-corrected chi connectivity index (χ0v) is 9.27. The van der Waals surface area contributed by atoms with Crippen LogP contribution >= 0.6 is 11.3 Å². The highest BCUT2D eigenvalue weighted by Crippen LogP contribution is 2.21. The summed E-state index contributed by atoms with van der Waals surface area (Å²) in [7, 11) is 0. The summed E-state index contributed by atoms with van der Waals surface area (Å²) in [4.78, 5) is 14.2. The van der Waals surface area contributed by atoms with E-state index >= 15 is 0 Å². The van der Waals surface area contributed by atoms with Crippen LogP contribution in [0.5, 0.6) is 0 Å². The minimum atomic E-state index is -0.550. The monoisotopic (exact) mass is 239 g/mol. The van der Waals surface area contributed by atoms with Gasteiger partial charge in [0.05, 0.1) is 11.5 Å². The summed E-state index contributed by atoms with van der Waals surface area (Å²) in [5.74, 6) is 0.0536. The maximum atomic E-state index is 10.6. The molecule has 0 saturated heterocycles. The van der Waals surface area contributed by atoms with Crippen molar-refractivity contribution in [2.45, 2.75) is 13.5 Å². The summed E-state index contributed by atoms with van der Waals surface area (Å²) in [6.07, 6.45) is 1.15. The van der Waals surface area contributed by atoms with E-state index in [1.54, 1.807) is 0 Å². The lowest BCUT2D eigenvalue weighted by Gasteiger charge is -1.99. The second kappa shape index (κ2) is 3.89. The Kier molecular flexibility index (Phi) is 2.57. The highest BCUT2D eigenvalue weighted by molar-refractivity contribution is 7.09. The Bertz CT molecular complexity index is 532. The van der Waals surface area contributed by atoms with E-state index in [4.69, 9.17) is 5.73 Å². The van der Waals surface area contributed by atoms with Crippen molar-refractivity contribution in [2.75, 3.05) is 5.73 Å². The van der Waals surface area contributed by atoms with Gasteiger partial charge in [0, 0.05) is 11.1 Å². The zero-order valence-electron chi connectivity index (χ0n) is 8.45. The lowest BCUT2D eigenvalue weighted by Crippen LogP contribution is -2.06. The number of hydrogen-bond acceptors (Lipinski definition) is 6. The van der Waals surface area contributed by atoms with Crippen molar-refractivity contribution in [3.8, 4) is 0 Å². The van der Waals surface area contributed by atoms with Crippen molar-refractivity contribution in [3.63, 3.8) is 0 Å². The Labute approximate surface area is 94.7 Å². The summed E-state index contributed by atoms with van der Waals surface area (Å²) in [5.41, 5.74) is 6.34. The van der Waals surface area contributed by atoms with E-state index in [1.165, 1.54) is 16.0 Å². The fraction of sp³-hybridized carbons (Fsp3) is 0.250. The molecule has 2 aromatic rings. The van der Waals surface area contributed by atoms with Gasteiger partial charge >= 0.3 is 5.69 Å². The molecule has 8 heteroatoms.